The largest absolute Gasteiger partial charge is 0.467 e. The standard InChI is InChI=1S/C15H26N4OS/c1-16-14(19(4)10-13-6-5-8-20-13)17-11-15(18(2)3)7-9-21-12-15/h5-6,8H,7,9-12H2,1-4H3,(H,16,17). The maximum absolute atomic E-state index is 5.40. The average Bonchev–Trinajstić information content (AvgIpc) is 3.11. The predicted molar refractivity (Wildman–Crippen MR) is 89.9 cm³/mol. The van der Waals surface area contributed by atoms with E-state index in [2.05, 4.69) is 34.2 Å². The van der Waals surface area contributed by atoms with E-state index in [9.17, 15) is 0 Å². The highest BCUT2D eigenvalue weighted by Gasteiger charge is 2.36. The van der Waals surface area contributed by atoms with Crippen LogP contribution in [-0.4, -0.2) is 67.5 Å². The number of thioether (sulfide) groups is 1. The molecule has 1 atom stereocenters. The van der Waals surface area contributed by atoms with Gasteiger partial charge in [-0.05, 0) is 38.4 Å². The number of nitrogens with one attached hydrogen (secondary N) is 1. The van der Waals surface area contributed by atoms with E-state index in [0.29, 0.717) is 0 Å². The van der Waals surface area contributed by atoms with Crippen molar-refractivity contribution in [2.75, 3.05) is 46.2 Å². The molecule has 2 heterocycles. The van der Waals surface area contributed by atoms with E-state index in [1.165, 1.54) is 17.9 Å². The van der Waals surface area contributed by atoms with Crippen molar-refractivity contribution in [2.45, 2.75) is 18.5 Å². The molecule has 1 aromatic heterocycles. The van der Waals surface area contributed by atoms with Crippen LogP contribution in [0.15, 0.2) is 27.8 Å². The van der Waals surface area contributed by atoms with Gasteiger partial charge in [0.05, 0.1) is 12.8 Å². The molecule has 0 amide bonds. The van der Waals surface area contributed by atoms with Gasteiger partial charge in [0.1, 0.15) is 5.76 Å². The fourth-order valence-corrected chi connectivity index (χ4v) is 4.14. The van der Waals surface area contributed by atoms with Gasteiger partial charge in [0, 0.05) is 31.9 Å². The van der Waals surface area contributed by atoms with Gasteiger partial charge in [0.15, 0.2) is 5.96 Å². The lowest BCUT2D eigenvalue weighted by atomic mass is 9.97. The Bertz CT molecular complexity index is 452. The molecule has 21 heavy (non-hydrogen) atoms. The lowest BCUT2D eigenvalue weighted by molar-refractivity contribution is 0.181. The number of nitrogens with zero attached hydrogens (tertiary/aromatic N) is 3. The lowest BCUT2D eigenvalue weighted by Crippen LogP contribution is -2.54. The molecule has 1 aliphatic heterocycles. The molecule has 0 aliphatic carbocycles. The third-order valence-electron chi connectivity index (χ3n) is 4.15. The van der Waals surface area contributed by atoms with Gasteiger partial charge in [-0.25, -0.2) is 0 Å². The Morgan fingerprint density at radius 1 is 1.48 bits per heavy atom. The molecular weight excluding hydrogens is 284 g/mol. The summed E-state index contributed by atoms with van der Waals surface area (Å²) < 4.78 is 5.40. The van der Waals surface area contributed by atoms with Crippen molar-refractivity contribution in [3.05, 3.63) is 24.2 Å². The first-order valence-corrected chi connectivity index (χ1v) is 8.42. The van der Waals surface area contributed by atoms with Crippen molar-refractivity contribution in [1.29, 1.82) is 0 Å². The Balaban J connectivity index is 1.93. The minimum atomic E-state index is 0.228. The predicted octanol–water partition coefficient (Wildman–Crippen LogP) is 1.72. The highest BCUT2D eigenvalue weighted by Crippen LogP contribution is 2.31. The second kappa shape index (κ2) is 7.22. The van der Waals surface area contributed by atoms with Gasteiger partial charge in [0.2, 0.25) is 0 Å². The summed E-state index contributed by atoms with van der Waals surface area (Å²) in [7, 11) is 8.20. The van der Waals surface area contributed by atoms with Crippen molar-refractivity contribution in [3.8, 4) is 0 Å². The lowest BCUT2D eigenvalue weighted by Gasteiger charge is -2.37. The summed E-state index contributed by atoms with van der Waals surface area (Å²) in [6.07, 6.45) is 2.92. The monoisotopic (exact) mass is 310 g/mol. The van der Waals surface area contributed by atoms with Crippen LogP contribution in [-0.2, 0) is 6.54 Å². The number of rotatable bonds is 5. The number of hydrogen-bond acceptors (Lipinski definition) is 4. The van der Waals surface area contributed by atoms with Gasteiger partial charge >= 0.3 is 0 Å². The topological polar surface area (TPSA) is 44.0 Å². The number of likely N-dealkylation sites (N-methyl/N-ethyl adjacent to an activating group) is 1. The average molecular weight is 310 g/mol. The minimum Gasteiger partial charge on any atom is -0.467 e. The van der Waals surface area contributed by atoms with E-state index in [1.807, 2.05) is 38.0 Å². The smallest absolute Gasteiger partial charge is 0.193 e. The Hall–Kier alpha value is -1.14. The molecule has 0 bridgehead atoms. The zero-order chi connectivity index (χ0) is 15.3. The second-order valence-electron chi connectivity index (χ2n) is 5.76. The van der Waals surface area contributed by atoms with Gasteiger partial charge in [-0.15, -0.1) is 0 Å². The summed E-state index contributed by atoms with van der Waals surface area (Å²) in [6, 6.07) is 3.90. The first kappa shape index (κ1) is 16.2. The van der Waals surface area contributed by atoms with Crippen molar-refractivity contribution < 1.29 is 4.42 Å². The van der Waals surface area contributed by atoms with E-state index in [4.69, 9.17) is 4.42 Å². The summed E-state index contributed by atoms with van der Waals surface area (Å²) in [6.45, 7) is 1.64. The second-order valence-corrected chi connectivity index (χ2v) is 6.86. The van der Waals surface area contributed by atoms with Crippen LogP contribution in [0.2, 0.25) is 0 Å². The molecule has 6 heteroatoms. The highest BCUT2D eigenvalue weighted by atomic mass is 32.2. The van der Waals surface area contributed by atoms with Crippen LogP contribution in [0.4, 0.5) is 0 Å². The van der Waals surface area contributed by atoms with Gasteiger partial charge in [0.25, 0.3) is 0 Å². The summed E-state index contributed by atoms with van der Waals surface area (Å²) in [5.41, 5.74) is 0.228. The number of guanidine groups is 1. The fraction of sp³-hybridized carbons (Fsp3) is 0.667. The Labute approximate surface area is 131 Å². The van der Waals surface area contributed by atoms with Crippen molar-refractivity contribution >= 4 is 17.7 Å². The molecule has 5 nitrogen and oxygen atoms in total. The molecular formula is C15H26N4OS. The van der Waals surface area contributed by atoms with Crippen LogP contribution >= 0.6 is 11.8 Å². The zero-order valence-electron chi connectivity index (χ0n) is 13.4. The molecule has 118 valence electrons. The molecule has 1 saturated heterocycles. The molecule has 0 radical (unpaired) electrons. The molecule has 1 unspecified atom stereocenters. The molecule has 0 saturated carbocycles. The Kier molecular flexibility index (Phi) is 5.58. The molecule has 1 aromatic rings. The van der Waals surface area contributed by atoms with Crippen LogP contribution < -0.4 is 5.32 Å². The fourth-order valence-electron chi connectivity index (χ4n) is 2.59. The van der Waals surface area contributed by atoms with Crippen LogP contribution in [0.3, 0.4) is 0 Å². The summed E-state index contributed by atoms with van der Waals surface area (Å²) in [4.78, 5) is 8.82. The number of aliphatic imine (C=N–C) groups is 1. The number of furan rings is 1. The molecule has 2 rings (SSSR count). The third kappa shape index (κ3) is 3.95. The van der Waals surface area contributed by atoms with Crippen molar-refractivity contribution in [3.63, 3.8) is 0 Å². The van der Waals surface area contributed by atoms with E-state index < -0.39 is 0 Å². The Morgan fingerprint density at radius 3 is 2.81 bits per heavy atom. The molecule has 1 aliphatic rings. The number of hydrogen-bond donors (Lipinski definition) is 1. The maximum Gasteiger partial charge on any atom is 0.193 e. The third-order valence-corrected chi connectivity index (χ3v) is 5.39. The van der Waals surface area contributed by atoms with E-state index in [0.717, 1.165) is 24.8 Å². The van der Waals surface area contributed by atoms with E-state index in [1.54, 1.807) is 6.26 Å². The minimum absolute atomic E-state index is 0.228. The van der Waals surface area contributed by atoms with Gasteiger partial charge < -0.3 is 19.5 Å². The molecule has 1 fully saturated rings. The van der Waals surface area contributed by atoms with Gasteiger partial charge in [-0.1, -0.05) is 0 Å². The quantitative estimate of drug-likeness (QED) is 0.663. The zero-order valence-corrected chi connectivity index (χ0v) is 14.2. The van der Waals surface area contributed by atoms with Gasteiger partial charge in [-0.3, -0.25) is 4.99 Å². The van der Waals surface area contributed by atoms with Crippen LogP contribution in [0.5, 0.6) is 0 Å². The van der Waals surface area contributed by atoms with Gasteiger partial charge in [-0.2, -0.15) is 11.8 Å². The van der Waals surface area contributed by atoms with Crippen LogP contribution in [0.1, 0.15) is 12.2 Å². The molecule has 1 N–H and O–H groups in total. The maximum atomic E-state index is 5.40. The van der Waals surface area contributed by atoms with Crippen LogP contribution in [0, 0.1) is 0 Å². The first-order chi connectivity index (χ1) is 10.1. The summed E-state index contributed by atoms with van der Waals surface area (Å²) >= 11 is 2.03. The van der Waals surface area contributed by atoms with Crippen molar-refractivity contribution in [2.24, 2.45) is 4.99 Å². The van der Waals surface area contributed by atoms with E-state index in [-0.39, 0.29) is 5.54 Å². The summed E-state index contributed by atoms with van der Waals surface area (Å²) in [5, 5.41) is 3.52. The Morgan fingerprint density at radius 2 is 2.29 bits per heavy atom. The highest BCUT2D eigenvalue weighted by molar-refractivity contribution is 7.99. The normalized spacial score (nSPS) is 22.8. The summed E-state index contributed by atoms with van der Waals surface area (Å²) in [5.74, 6) is 4.26. The molecule has 0 aromatic carbocycles. The SMILES string of the molecule is CN=C(NCC1(N(C)C)CCSC1)N(C)Cc1ccco1. The van der Waals surface area contributed by atoms with Crippen LogP contribution in [0.25, 0.3) is 0 Å². The van der Waals surface area contributed by atoms with E-state index >= 15 is 0 Å². The molecule has 0 spiro atoms. The first-order valence-electron chi connectivity index (χ1n) is 7.27. The van der Waals surface area contributed by atoms with Crippen molar-refractivity contribution in [1.82, 2.24) is 15.1 Å².